The van der Waals surface area contributed by atoms with Crippen molar-refractivity contribution < 1.29 is 28.9 Å². The number of nitrogens with zero attached hydrogens (tertiary/aromatic N) is 3. The fourth-order valence-corrected chi connectivity index (χ4v) is 4.25. The Labute approximate surface area is 153 Å². The van der Waals surface area contributed by atoms with E-state index in [2.05, 4.69) is 10.1 Å². The van der Waals surface area contributed by atoms with Gasteiger partial charge in [0.2, 0.25) is 5.91 Å². The highest BCUT2D eigenvalue weighted by molar-refractivity contribution is 8.00. The molecule has 0 saturated carbocycles. The van der Waals surface area contributed by atoms with E-state index < -0.39 is 18.0 Å². The number of aromatic nitrogens is 2. The van der Waals surface area contributed by atoms with E-state index in [1.54, 1.807) is 28.7 Å². The van der Waals surface area contributed by atoms with Gasteiger partial charge in [-0.05, 0) is 0 Å². The number of rotatable bonds is 6. The number of carboxylic acids is 1. The highest BCUT2D eigenvalue weighted by Crippen LogP contribution is 2.39. The second kappa shape index (κ2) is 7.00. The Morgan fingerprint density at radius 1 is 1.54 bits per heavy atom. The number of aliphatic carboxylic acids is 1. The van der Waals surface area contributed by atoms with Gasteiger partial charge in [0.1, 0.15) is 23.7 Å². The largest absolute Gasteiger partial charge is 0.477 e. The van der Waals surface area contributed by atoms with Gasteiger partial charge in [-0.2, -0.15) is 0 Å². The molecule has 1 aromatic heterocycles. The predicted molar refractivity (Wildman–Crippen MR) is 91.8 cm³/mol. The van der Waals surface area contributed by atoms with Gasteiger partial charge in [0.05, 0.1) is 20.2 Å². The zero-order chi connectivity index (χ0) is 19.0. The Kier molecular flexibility index (Phi) is 4.92. The second-order valence-electron chi connectivity index (χ2n) is 5.94. The fourth-order valence-electron chi connectivity index (χ4n) is 2.97. The molecule has 2 atom stereocenters. The predicted octanol–water partition coefficient (Wildman–Crippen LogP) is -1.52. The highest BCUT2D eigenvalue weighted by atomic mass is 32.2. The standard InChI is InChI=1S/C15H19N5O5S/c1-18-9(17-5-10(21)25-2)3-4-19(18)6-8-7-26-14-11(16)13(22)20(14)12(8)15(23)24/h3-4,11,14H,5-7,16H2,1-2H3,(H,23,24)/p+1/t11-,14-/m1/s1. The average molecular weight is 382 g/mol. The van der Waals surface area contributed by atoms with Gasteiger partial charge in [0.15, 0.2) is 18.6 Å². The van der Waals surface area contributed by atoms with Crippen LogP contribution in [0.3, 0.4) is 0 Å². The summed E-state index contributed by atoms with van der Waals surface area (Å²) in [6, 6.07) is 1.13. The molecule has 4 N–H and O–H groups in total. The van der Waals surface area contributed by atoms with Gasteiger partial charge in [-0.3, -0.25) is 14.5 Å². The number of methoxy groups -OCH3 is 1. The van der Waals surface area contributed by atoms with E-state index in [9.17, 15) is 19.5 Å². The molecule has 11 heteroatoms. The molecule has 0 unspecified atom stereocenters. The fraction of sp³-hybridized carbons (Fsp3) is 0.467. The molecular formula is C15H20N5O5S+. The van der Waals surface area contributed by atoms with Crippen LogP contribution in [0, 0.1) is 0 Å². The molecule has 0 aromatic carbocycles. The van der Waals surface area contributed by atoms with Crippen molar-refractivity contribution in [3.05, 3.63) is 23.5 Å². The van der Waals surface area contributed by atoms with Crippen molar-refractivity contribution in [3.63, 3.8) is 0 Å². The number of anilines is 1. The van der Waals surface area contributed by atoms with Gasteiger partial charge in [-0.1, -0.05) is 0 Å². The number of nitrogens with two attached hydrogens (primary N) is 1. The molecule has 2 aliphatic rings. The Balaban J connectivity index is 1.81. The van der Waals surface area contributed by atoms with Crippen LogP contribution in [0.2, 0.25) is 0 Å². The maximum Gasteiger partial charge on any atom is 0.352 e. The molecular weight excluding hydrogens is 362 g/mol. The van der Waals surface area contributed by atoms with Crippen LogP contribution in [0.5, 0.6) is 0 Å². The Morgan fingerprint density at radius 2 is 2.27 bits per heavy atom. The van der Waals surface area contributed by atoms with Crippen molar-refractivity contribution in [2.75, 3.05) is 24.7 Å². The first kappa shape index (κ1) is 18.3. The monoisotopic (exact) mass is 382 g/mol. The van der Waals surface area contributed by atoms with Gasteiger partial charge < -0.3 is 20.9 Å². The summed E-state index contributed by atoms with van der Waals surface area (Å²) in [4.78, 5) is 36.2. The van der Waals surface area contributed by atoms with Gasteiger partial charge in [-0.25, -0.2) is 4.79 Å². The third-order valence-electron chi connectivity index (χ3n) is 4.42. The Bertz CT molecular complexity index is 804. The summed E-state index contributed by atoms with van der Waals surface area (Å²) in [5.41, 5.74) is 6.39. The number of hydrogen-bond acceptors (Lipinski definition) is 7. The minimum absolute atomic E-state index is 0.0122. The smallest absolute Gasteiger partial charge is 0.352 e. The minimum Gasteiger partial charge on any atom is -0.477 e. The van der Waals surface area contributed by atoms with Crippen LogP contribution in [0.4, 0.5) is 5.82 Å². The van der Waals surface area contributed by atoms with E-state index in [0.717, 1.165) is 0 Å². The maximum absolute atomic E-state index is 12.0. The van der Waals surface area contributed by atoms with Gasteiger partial charge in [0, 0.05) is 11.3 Å². The highest BCUT2D eigenvalue weighted by Gasteiger charge is 2.52. The molecule has 10 nitrogen and oxygen atoms in total. The molecule has 0 aliphatic carbocycles. The van der Waals surface area contributed by atoms with Crippen LogP contribution in [0.1, 0.15) is 0 Å². The number of thioether (sulfide) groups is 1. The summed E-state index contributed by atoms with van der Waals surface area (Å²) < 4.78 is 8.14. The van der Waals surface area contributed by atoms with Gasteiger partial charge in [-0.15, -0.1) is 21.1 Å². The number of carboxylic acid groups (broad SMARTS) is 1. The number of carbonyl (C=O) groups excluding carboxylic acids is 2. The Morgan fingerprint density at radius 3 is 2.92 bits per heavy atom. The third kappa shape index (κ3) is 3.03. The van der Waals surface area contributed by atoms with Crippen LogP contribution < -0.4 is 15.7 Å². The molecule has 1 fully saturated rings. The van der Waals surface area contributed by atoms with Crippen molar-refractivity contribution in [1.82, 2.24) is 9.58 Å². The van der Waals surface area contributed by atoms with E-state index in [-0.39, 0.29) is 23.5 Å². The number of hydrogen-bond donors (Lipinski definition) is 3. The molecule has 26 heavy (non-hydrogen) atoms. The van der Waals surface area contributed by atoms with E-state index in [1.165, 1.54) is 23.8 Å². The summed E-state index contributed by atoms with van der Waals surface area (Å²) in [7, 11) is 3.09. The minimum atomic E-state index is -1.13. The van der Waals surface area contributed by atoms with Gasteiger partial charge >= 0.3 is 11.9 Å². The zero-order valence-corrected chi connectivity index (χ0v) is 15.2. The van der Waals surface area contributed by atoms with Crippen LogP contribution >= 0.6 is 11.8 Å². The number of carbonyl (C=O) groups is 3. The van der Waals surface area contributed by atoms with E-state index >= 15 is 0 Å². The number of amides is 1. The van der Waals surface area contributed by atoms with E-state index in [1.807, 2.05) is 0 Å². The average Bonchev–Trinajstić information content (AvgIpc) is 2.98. The SMILES string of the molecule is COC(=O)CNc1cc[n+](CC2=C(C(=O)O)N3C(=O)[C@@H](N)[C@H]3SC2)n1C. The molecule has 1 aromatic rings. The Hall–Kier alpha value is -2.53. The second-order valence-corrected chi connectivity index (χ2v) is 7.05. The molecule has 3 rings (SSSR count). The molecule has 0 spiro atoms. The van der Waals surface area contributed by atoms with Crippen LogP contribution in [-0.4, -0.2) is 63.4 Å². The summed E-state index contributed by atoms with van der Waals surface area (Å²) in [6.45, 7) is 0.325. The first-order chi connectivity index (χ1) is 12.3. The number of fused-ring (bicyclic) bond motifs is 1. The lowest BCUT2D eigenvalue weighted by Crippen LogP contribution is -2.68. The molecule has 0 radical (unpaired) electrons. The molecule has 3 heterocycles. The normalized spacial score (nSPS) is 22.0. The first-order valence-corrected chi connectivity index (χ1v) is 8.91. The molecule has 2 aliphatic heterocycles. The summed E-state index contributed by atoms with van der Waals surface area (Å²) in [5, 5.41) is 12.2. The quantitative estimate of drug-likeness (QED) is 0.307. The molecule has 140 valence electrons. The number of esters is 1. The van der Waals surface area contributed by atoms with E-state index in [4.69, 9.17) is 5.73 Å². The first-order valence-electron chi connectivity index (χ1n) is 7.86. The maximum atomic E-state index is 12.0. The van der Waals surface area contributed by atoms with Crippen molar-refractivity contribution in [3.8, 4) is 0 Å². The molecule has 1 amide bonds. The number of ether oxygens (including phenoxy) is 1. The third-order valence-corrected chi connectivity index (χ3v) is 5.78. The number of nitrogens with one attached hydrogen (secondary N) is 1. The van der Waals surface area contributed by atoms with Crippen LogP contribution in [0.25, 0.3) is 0 Å². The van der Waals surface area contributed by atoms with Gasteiger partial charge in [0.25, 0.3) is 0 Å². The lowest BCUT2D eigenvalue weighted by Gasteiger charge is -2.47. The van der Waals surface area contributed by atoms with Crippen molar-refractivity contribution in [2.45, 2.75) is 18.0 Å². The lowest BCUT2D eigenvalue weighted by molar-refractivity contribution is -0.765. The molecule has 1 saturated heterocycles. The number of β-lactam (4-membered cyclic amide) rings is 1. The topological polar surface area (TPSA) is 131 Å². The summed E-state index contributed by atoms with van der Waals surface area (Å²) in [5.74, 6) is -0.738. The molecule has 0 bridgehead atoms. The van der Waals surface area contributed by atoms with Crippen LogP contribution in [0.15, 0.2) is 23.5 Å². The summed E-state index contributed by atoms with van der Waals surface area (Å²) in [6.07, 6.45) is 1.77. The van der Waals surface area contributed by atoms with Crippen molar-refractivity contribution >= 4 is 35.4 Å². The zero-order valence-electron chi connectivity index (χ0n) is 14.3. The lowest BCUT2D eigenvalue weighted by atomic mass is 10.0. The van der Waals surface area contributed by atoms with E-state index in [0.29, 0.717) is 23.7 Å². The van der Waals surface area contributed by atoms with Crippen molar-refractivity contribution in [1.29, 1.82) is 0 Å². The van der Waals surface area contributed by atoms with Crippen molar-refractivity contribution in [2.24, 2.45) is 12.8 Å². The van der Waals surface area contributed by atoms with Crippen LogP contribution in [-0.2, 0) is 32.7 Å². The summed E-state index contributed by atoms with van der Waals surface area (Å²) >= 11 is 1.46.